The number of likely N-dealkylation sites (N-methyl/N-ethyl adjacent to an activating group) is 1. The molecule has 0 bridgehead atoms. The van der Waals surface area contributed by atoms with Crippen LogP contribution in [0.5, 0.6) is 0 Å². The van der Waals surface area contributed by atoms with Crippen LogP contribution in [0.4, 0.5) is 20.8 Å². The number of carbonyl (C=O) groups excluding carboxylic acids is 2. The molecule has 1 aliphatic heterocycles. The van der Waals surface area contributed by atoms with Gasteiger partial charge in [-0.1, -0.05) is 62.9 Å². The van der Waals surface area contributed by atoms with E-state index in [9.17, 15) is 9.59 Å². The van der Waals surface area contributed by atoms with E-state index in [2.05, 4.69) is 31.0 Å². The van der Waals surface area contributed by atoms with E-state index in [1.807, 2.05) is 49.2 Å². The van der Waals surface area contributed by atoms with Gasteiger partial charge in [0.2, 0.25) is 11.7 Å². The molecule has 212 valence electrons. The van der Waals surface area contributed by atoms with Crippen molar-refractivity contribution in [2.45, 2.75) is 52.1 Å². The summed E-state index contributed by atoms with van der Waals surface area (Å²) in [5, 5.41) is 2.73. The second-order valence-electron chi connectivity index (χ2n) is 10.4. The predicted octanol–water partition coefficient (Wildman–Crippen LogP) is 3.50. The number of nitrogens with zero attached hydrogens (tertiary/aromatic N) is 4. The zero-order valence-corrected chi connectivity index (χ0v) is 22.9. The van der Waals surface area contributed by atoms with Gasteiger partial charge in [0, 0.05) is 39.1 Å². The summed E-state index contributed by atoms with van der Waals surface area (Å²) < 4.78 is 20.8. The first-order valence-corrected chi connectivity index (χ1v) is 13.9. The number of hydrazine groups is 1. The van der Waals surface area contributed by atoms with Gasteiger partial charge in [-0.3, -0.25) is 15.6 Å². The summed E-state index contributed by atoms with van der Waals surface area (Å²) in [5.74, 6) is -0.329. The van der Waals surface area contributed by atoms with Gasteiger partial charge < -0.3 is 19.9 Å². The summed E-state index contributed by atoms with van der Waals surface area (Å²) >= 11 is 0. The lowest BCUT2D eigenvalue weighted by Crippen LogP contribution is -2.45. The number of amides is 2. The van der Waals surface area contributed by atoms with Crippen molar-refractivity contribution in [1.29, 1.82) is 0 Å². The van der Waals surface area contributed by atoms with E-state index < -0.39 is 17.8 Å². The minimum atomic E-state index is -0.591. The fraction of sp³-hybridized carbons (Fsp3) is 0.571. The topological polar surface area (TPSA) is 112 Å². The van der Waals surface area contributed by atoms with Gasteiger partial charge in [-0.2, -0.15) is 4.39 Å². The fourth-order valence-electron chi connectivity index (χ4n) is 5.08. The van der Waals surface area contributed by atoms with E-state index in [4.69, 9.17) is 4.74 Å². The Hall–Kier alpha value is -3.47. The lowest BCUT2D eigenvalue weighted by molar-refractivity contribution is -0.124. The molecule has 2 fully saturated rings. The number of anilines is 2. The first-order chi connectivity index (χ1) is 18.9. The molecule has 10 nitrogen and oxygen atoms in total. The molecule has 0 unspecified atom stereocenters. The Balaban J connectivity index is 1.37. The Labute approximate surface area is 229 Å². The van der Waals surface area contributed by atoms with Crippen molar-refractivity contribution in [1.82, 2.24) is 25.6 Å². The van der Waals surface area contributed by atoms with E-state index in [0.717, 1.165) is 44.3 Å². The second-order valence-corrected chi connectivity index (χ2v) is 10.4. The lowest BCUT2D eigenvalue weighted by atomic mass is 9.92. The third kappa shape index (κ3) is 8.26. The van der Waals surface area contributed by atoms with E-state index in [1.165, 1.54) is 0 Å². The van der Waals surface area contributed by atoms with Crippen LogP contribution < -0.4 is 21.1 Å². The van der Waals surface area contributed by atoms with Crippen molar-refractivity contribution < 1.29 is 18.7 Å². The molecule has 2 heterocycles. The Morgan fingerprint density at radius 3 is 2.51 bits per heavy atom. The van der Waals surface area contributed by atoms with Crippen LogP contribution in [0.15, 0.2) is 30.3 Å². The molecule has 1 saturated heterocycles. The second kappa shape index (κ2) is 14.1. The maximum absolute atomic E-state index is 15.5. The molecule has 39 heavy (non-hydrogen) atoms. The van der Waals surface area contributed by atoms with Crippen molar-refractivity contribution in [2.24, 2.45) is 11.8 Å². The van der Waals surface area contributed by atoms with Gasteiger partial charge in [-0.15, -0.1) is 0 Å². The van der Waals surface area contributed by atoms with E-state index >= 15 is 4.39 Å². The van der Waals surface area contributed by atoms with Gasteiger partial charge in [-0.05, 0) is 24.9 Å². The summed E-state index contributed by atoms with van der Waals surface area (Å²) in [6, 6.07) is 9.40. The molecule has 1 atom stereocenters. The van der Waals surface area contributed by atoms with Gasteiger partial charge in [-0.25, -0.2) is 14.8 Å². The number of aryl methyl sites for hydroxylation is 1. The van der Waals surface area contributed by atoms with Gasteiger partial charge in [0.05, 0.1) is 5.92 Å². The summed E-state index contributed by atoms with van der Waals surface area (Å²) in [6.45, 7) is 5.13. The largest absolute Gasteiger partial charge is 0.445 e. The zero-order valence-electron chi connectivity index (χ0n) is 22.9. The number of hydrogen-bond donors (Lipinski definition) is 3. The van der Waals surface area contributed by atoms with Crippen LogP contribution in [0.2, 0.25) is 0 Å². The number of hydrogen-bond acceptors (Lipinski definition) is 8. The highest BCUT2D eigenvalue weighted by molar-refractivity contribution is 5.81. The summed E-state index contributed by atoms with van der Waals surface area (Å²) in [4.78, 5) is 38.4. The third-order valence-corrected chi connectivity index (χ3v) is 7.47. The normalized spacial score (nSPS) is 17.1. The van der Waals surface area contributed by atoms with Crippen molar-refractivity contribution in [2.75, 3.05) is 50.1 Å². The smallest absolute Gasteiger partial charge is 0.407 e. The average Bonchev–Trinajstić information content (AvgIpc) is 3.48. The van der Waals surface area contributed by atoms with Crippen LogP contribution in [0.1, 0.15) is 50.4 Å². The maximum Gasteiger partial charge on any atom is 0.407 e. The van der Waals surface area contributed by atoms with Gasteiger partial charge in [0.1, 0.15) is 12.4 Å². The van der Waals surface area contributed by atoms with Crippen LogP contribution in [-0.2, 0) is 22.6 Å². The van der Waals surface area contributed by atoms with Crippen LogP contribution in [0.3, 0.4) is 0 Å². The molecule has 0 spiro atoms. The summed E-state index contributed by atoms with van der Waals surface area (Å²) in [5.41, 5.74) is 6.24. The molecule has 0 radical (unpaired) electrons. The quantitative estimate of drug-likeness (QED) is 0.371. The van der Waals surface area contributed by atoms with Crippen LogP contribution >= 0.6 is 0 Å². The first-order valence-electron chi connectivity index (χ1n) is 13.9. The highest BCUT2D eigenvalue weighted by atomic mass is 19.1. The molecule has 1 aromatic carbocycles. The summed E-state index contributed by atoms with van der Waals surface area (Å²) in [7, 11) is 2.04. The minimum absolute atomic E-state index is 0.0565. The molecule has 11 heteroatoms. The van der Waals surface area contributed by atoms with E-state index in [1.54, 1.807) is 0 Å². The van der Waals surface area contributed by atoms with Crippen molar-refractivity contribution in [3.63, 3.8) is 0 Å². The first kappa shape index (κ1) is 28.5. The Bertz CT molecular complexity index is 1090. The SMILES string of the molecule is CCc1nc(NNC(=O)[C@@H](CNC(=O)OCc2ccccc2)CC2CCCC2)c(F)c(N2CCN(C)CC2)n1. The van der Waals surface area contributed by atoms with Crippen LogP contribution in [-0.4, -0.2) is 66.6 Å². The molecule has 4 rings (SSSR count). The number of carbonyl (C=O) groups is 2. The number of aromatic nitrogens is 2. The number of ether oxygens (including phenoxy) is 1. The standard InChI is InChI=1S/C28H40FN7O3/c1-3-23-31-25(24(29)26(32-23)36-15-13-35(2)14-16-36)33-34-27(37)22(17-20-9-7-8-10-20)18-30-28(38)39-19-21-11-5-4-6-12-21/h4-6,11-12,20,22H,3,7-10,13-19H2,1-2H3,(H,30,38)(H,34,37)(H,31,32,33)/t22-/m1/s1. The summed E-state index contributed by atoms with van der Waals surface area (Å²) in [6.07, 6.45) is 4.99. The Morgan fingerprint density at radius 1 is 1.10 bits per heavy atom. The number of benzene rings is 1. The number of piperazine rings is 1. The molecule has 1 aromatic heterocycles. The highest BCUT2D eigenvalue weighted by Crippen LogP contribution is 2.30. The molecule has 2 aliphatic rings. The van der Waals surface area contributed by atoms with E-state index in [-0.39, 0.29) is 30.7 Å². The monoisotopic (exact) mass is 541 g/mol. The van der Waals surface area contributed by atoms with E-state index in [0.29, 0.717) is 37.7 Å². The van der Waals surface area contributed by atoms with Crippen LogP contribution in [0.25, 0.3) is 0 Å². The Kier molecular flexibility index (Phi) is 10.3. The number of rotatable bonds is 11. The maximum atomic E-state index is 15.5. The van der Waals surface area contributed by atoms with Crippen molar-refractivity contribution in [3.8, 4) is 0 Å². The third-order valence-electron chi connectivity index (χ3n) is 7.47. The van der Waals surface area contributed by atoms with Gasteiger partial charge in [0.25, 0.3) is 0 Å². The number of halogens is 1. The molecule has 2 amide bonds. The van der Waals surface area contributed by atoms with Crippen molar-refractivity contribution >= 4 is 23.6 Å². The molecular weight excluding hydrogens is 501 g/mol. The molecular formula is C28H40FN7O3. The molecule has 3 N–H and O–H groups in total. The molecule has 2 aromatic rings. The van der Waals surface area contributed by atoms with Gasteiger partial charge in [0.15, 0.2) is 11.6 Å². The number of alkyl carbamates (subject to hydrolysis) is 1. The molecule has 1 saturated carbocycles. The lowest BCUT2D eigenvalue weighted by Gasteiger charge is -2.33. The highest BCUT2D eigenvalue weighted by Gasteiger charge is 2.27. The minimum Gasteiger partial charge on any atom is -0.445 e. The van der Waals surface area contributed by atoms with Gasteiger partial charge >= 0.3 is 6.09 Å². The zero-order chi connectivity index (χ0) is 27.6. The Morgan fingerprint density at radius 2 is 1.82 bits per heavy atom. The average molecular weight is 542 g/mol. The van der Waals surface area contributed by atoms with Crippen LogP contribution in [0, 0.1) is 17.7 Å². The predicted molar refractivity (Wildman–Crippen MR) is 148 cm³/mol. The fourth-order valence-corrected chi connectivity index (χ4v) is 5.08. The molecule has 1 aliphatic carbocycles. The number of nitrogens with one attached hydrogen (secondary N) is 3. The van der Waals surface area contributed by atoms with Crippen molar-refractivity contribution in [3.05, 3.63) is 47.5 Å².